The summed E-state index contributed by atoms with van der Waals surface area (Å²) in [6.07, 6.45) is 1.20. The van der Waals surface area contributed by atoms with Crippen LogP contribution in [0.1, 0.15) is 26.7 Å². The highest BCUT2D eigenvalue weighted by Gasteiger charge is 2.20. The second-order valence-electron chi connectivity index (χ2n) is 5.07. The number of methoxy groups -OCH3 is 3. The number of amides is 1. The number of nitrogens with zero attached hydrogens (tertiary/aromatic N) is 2. The van der Waals surface area contributed by atoms with Crippen LogP contribution in [0.5, 0.6) is 5.75 Å². The van der Waals surface area contributed by atoms with Crippen molar-refractivity contribution in [2.45, 2.75) is 6.54 Å². The molecule has 8 heteroatoms. The van der Waals surface area contributed by atoms with Gasteiger partial charge in [0.05, 0.1) is 27.4 Å². The standard InChI is InChI=1S/C17H20N2O6/c1-22-9-8-19(10-15-18-14(11-25-15)17(21)24-3)16(20)12-4-6-13(23-2)7-5-12/h4-7,11H,8-10H2,1-3H3. The summed E-state index contributed by atoms with van der Waals surface area (Å²) in [6, 6.07) is 6.78. The molecule has 25 heavy (non-hydrogen) atoms. The highest BCUT2D eigenvalue weighted by atomic mass is 16.5. The highest BCUT2D eigenvalue weighted by molar-refractivity contribution is 5.94. The van der Waals surface area contributed by atoms with Crippen LogP contribution in [0.2, 0.25) is 0 Å². The molecule has 0 aliphatic heterocycles. The molecule has 134 valence electrons. The fourth-order valence-electron chi connectivity index (χ4n) is 2.12. The number of benzene rings is 1. The second-order valence-corrected chi connectivity index (χ2v) is 5.07. The van der Waals surface area contributed by atoms with E-state index >= 15 is 0 Å². The van der Waals surface area contributed by atoms with Crippen molar-refractivity contribution in [1.29, 1.82) is 0 Å². The van der Waals surface area contributed by atoms with Crippen molar-refractivity contribution in [3.05, 3.63) is 47.7 Å². The van der Waals surface area contributed by atoms with Crippen LogP contribution in [0.15, 0.2) is 34.9 Å². The second kappa shape index (κ2) is 8.84. The molecule has 0 bridgehead atoms. The van der Waals surface area contributed by atoms with E-state index in [4.69, 9.17) is 13.9 Å². The van der Waals surface area contributed by atoms with E-state index in [1.807, 2.05) is 0 Å². The number of carbonyl (C=O) groups excluding carboxylic acids is 2. The van der Waals surface area contributed by atoms with Crippen molar-refractivity contribution in [3.8, 4) is 5.75 Å². The van der Waals surface area contributed by atoms with Gasteiger partial charge in [0.15, 0.2) is 5.69 Å². The van der Waals surface area contributed by atoms with Crippen LogP contribution >= 0.6 is 0 Å². The number of hydrogen-bond donors (Lipinski definition) is 0. The summed E-state index contributed by atoms with van der Waals surface area (Å²) in [5.41, 5.74) is 0.553. The number of rotatable bonds is 8. The van der Waals surface area contributed by atoms with Crippen LogP contribution in [0, 0.1) is 0 Å². The fourth-order valence-corrected chi connectivity index (χ4v) is 2.12. The van der Waals surface area contributed by atoms with E-state index in [1.54, 1.807) is 38.5 Å². The molecule has 0 spiro atoms. The number of hydrogen-bond acceptors (Lipinski definition) is 7. The lowest BCUT2D eigenvalue weighted by atomic mass is 10.2. The number of ether oxygens (including phenoxy) is 3. The molecule has 8 nitrogen and oxygen atoms in total. The van der Waals surface area contributed by atoms with Crippen LogP contribution in [0.25, 0.3) is 0 Å². The molecule has 1 heterocycles. The van der Waals surface area contributed by atoms with Crippen LogP contribution in [0.3, 0.4) is 0 Å². The van der Waals surface area contributed by atoms with Crippen molar-refractivity contribution in [2.24, 2.45) is 0 Å². The summed E-state index contributed by atoms with van der Waals surface area (Å²) in [6.45, 7) is 0.801. The number of carbonyl (C=O) groups is 2. The van der Waals surface area contributed by atoms with Gasteiger partial charge >= 0.3 is 5.97 Å². The number of esters is 1. The summed E-state index contributed by atoms with van der Waals surface area (Å²) < 4.78 is 20.0. The normalized spacial score (nSPS) is 10.4. The largest absolute Gasteiger partial charge is 0.497 e. The Labute approximate surface area is 145 Å². The van der Waals surface area contributed by atoms with Gasteiger partial charge in [-0.2, -0.15) is 0 Å². The third-order valence-corrected chi connectivity index (χ3v) is 3.46. The Balaban J connectivity index is 2.15. The van der Waals surface area contributed by atoms with Crippen LogP contribution in [0.4, 0.5) is 0 Å². The zero-order valence-corrected chi connectivity index (χ0v) is 14.4. The summed E-state index contributed by atoms with van der Waals surface area (Å²) >= 11 is 0. The molecule has 0 unspecified atom stereocenters. The molecule has 0 fully saturated rings. The molecule has 0 aliphatic carbocycles. The Morgan fingerprint density at radius 2 is 1.88 bits per heavy atom. The molecular formula is C17H20N2O6. The van der Waals surface area contributed by atoms with Crippen LogP contribution < -0.4 is 4.74 Å². The molecule has 1 aromatic carbocycles. The van der Waals surface area contributed by atoms with E-state index < -0.39 is 5.97 Å². The Hall–Kier alpha value is -2.87. The first-order valence-electron chi connectivity index (χ1n) is 7.54. The molecule has 0 saturated carbocycles. The molecule has 1 aromatic heterocycles. The van der Waals surface area contributed by atoms with Crippen molar-refractivity contribution >= 4 is 11.9 Å². The van der Waals surface area contributed by atoms with E-state index in [0.29, 0.717) is 24.5 Å². The predicted molar refractivity (Wildman–Crippen MR) is 87.5 cm³/mol. The predicted octanol–water partition coefficient (Wildman–Crippen LogP) is 1.76. The average molecular weight is 348 g/mol. The van der Waals surface area contributed by atoms with Crippen LogP contribution in [-0.4, -0.2) is 56.2 Å². The van der Waals surface area contributed by atoms with E-state index in [9.17, 15) is 9.59 Å². The zero-order valence-electron chi connectivity index (χ0n) is 14.4. The molecule has 1 amide bonds. The Morgan fingerprint density at radius 3 is 2.48 bits per heavy atom. The zero-order chi connectivity index (χ0) is 18.2. The molecule has 0 atom stereocenters. The summed E-state index contributed by atoms with van der Waals surface area (Å²) in [5, 5.41) is 0. The van der Waals surface area contributed by atoms with Crippen molar-refractivity contribution < 1.29 is 28.2 Å². The third kappa shape index (κ3) is 4.80. The molecule has 0 N–H and O–H groups in total. The Bertz CT molecular complexity index is 710. The first kappa shape index (κ1) is 18.5. The molecule has 2 rings (SSSR count). The minimum atomic E-state index is -0.597. The number of aromatic nitrogens is 1. The lowest BCUT2D eigenvalue weighted by Gasteiger charge is -2.21. The monoisotopic (exact) mass is 348 g/mol. The fraction of sp³-hybridized carbons (Fsp3) is 0.353. The minimum absolute atomic E-state index is 0.0566. The summed E-state index contributed by atoms with van der Waals surface area (Å²) in [5.74, 6) is 0.0891. The molecule has 0 saturated heterocycles. The SMILES string of the molecule is COCCN(Cc1nc(C(=O)OC)co1)C(=O)c1ccc(OC)cc1. The van der Waals surface area contributed by atoms with Gasteiger partial charge < -0.3 is 23.5 Å². The minimum Gasteiger partial charge on any atom is -0.497 e. The topological polar surface area (TPSA) is 91.1 Å². The van der Waals surface area contributed by atoms with Crippen molar-refractivity contribution in [1.82, 2.24) is 9.88 Å². The lowest BCUT2D eigenvalue weighted by molar-refractivity contribution is 0.0594. The van der Waals surface area contributed by atoms with Crippen molar-refractivity contribution in [2.75, 3.05) is 34.5 Å². The lowest BCUT2D eigenvalue weighted by Crippen LogP contribution is -2.33. The maximum atomic E-state index is 12.7. The maximum Gasteiger partial charge on any atom is 0.360 e. The Kier molecular flexibility index (Phi) is 6.53. The van der Waals surface area contributed by atoms with Gasteiger partial charge in [0, 0.05) is 19.2 Å². The first-order chi connectivity index (χ1) is 12.1. The Morgan fingerprint density at radius 1 is 1.16 bits per heavy atom. The van der Waals surface area contributed by atoms with E-state index in [1.165, 1.54) is 18.3 Å². The highest BCUT2D eigenvalue weighted by Crippen LogP contribution is 2.15. The smallest absolute Gasteiger partial charge is 0.360 e. The first-order valence-corrected chi connectivity index (χ1v) is 7.54. The number of oxazole rings is 1. The maximum absolute atomic E-state index is 12.7. The third-order valence-electron chi connectivity index (χ3n) is 3.46. The van der Waals surface area contributed by atoms with Gasteiger partial charge in [-0.05, 0) is 24.3 Å². The van der Waals surface area contributed by atoms with Gasteiger partial charge in [0.25, 0.3) is 5.91 Å². The van der Waals surface area contributed by atoms with Gasteiger partial charge in [-0.25, -0.2) is 9.78 Å². The van der Waals surface area contributed by atoms with Gasteiger partial charge in [0.2, 0.25) is 5.89 Å². The average Bonchev–Trinajstić information content (AvgIpc) is 3.12. The van der Waals surface area contributed by atoms with Gasteiger partial charge in [-0.1, -0.05) is 0 Å². The summed E-state index contributed by atoms with van der Waals surface area (Å²) in [4.78, 5) is 29.7. The molecular weight excluding hydrogens is 328 g/mol. The van der Waals surface area contributed by atoms with Gasteiger partial charge in [-0.3, -0.25) is 4.79 Å². The van der Waals surface area contributed by atoms with Gasteiger partial charge in [-0.15, -0.1) is 0 Å². The molecule has 0 radical (unpaired) electrons. The van der Waals surface area contributed by atoms with Gasteiger partial charge in [0.1, 0.15) is 12.0 Å². The quantitative estimate of drug-likeness (QED) is 0.671. The molecule has 2 aromatic rings. The van der Waals surface area contributed by atoms with Crippen LogP contribution in [-0.2, 0) is 16.0 Å². The van der Waals surface area contributed by atoms with E-state index in [-0.39, 0.29) is 24.0 Å². The van der Waals surface area contributed by atoms with Crippen molar-refractivity contribution in [3.63, 3.8) is 0 Å². The van der Waals surface area contributed by atoms with E-state index in [0.717, 1.165) is 0 Å². The van der Waals surface area contributed by atoms with E-state index in [2.05, 4.69) is 9.72 Å². The summed E-state index contributed by atoms with van der Waals surface area (Å²) in [7, 11) is 4.37. The molecule has 0 aliphatic rings.